The molecule has 6 nitrogen and oxygen atoms in total. The van der Waals surface area contributed by atoms with Crippen LogP contribution in [0.2, 0.25) is 0 Å². The molecule has 2 heterocycles. The van der Waals surface area contributed by atoms with E-state index in [4.69, 9.17) is 0 Å². The van der Waals surface area contributed by atoms with E-state index in [0.717, 1.165) is 15.5 Å². The van der Waals surface area contributed by atoms with Crippen LogP contribution in [0.3, 0.4) is 0 Å². The summed E-state index contributed by atoms with van der Waals surface area (Å²) in [6, 6.07) is 14.5. The molecule has 0 saturated carbocycles. The number of amides is 2. The third-order valence-electron chi connectivity index (χ3n) is 3.91. The topological polar surface area (TPSA) is 84.0 Å². The van der Waals surface area contributed by atoms with Gasteiger partial charge in [0.05, 0.1) is 23.5 Å². The van der Waals surface area contributed by atoms with Crippen molar-refractivity contribution >= 4 is 29.3 Å². The molecule has 2 aromatic carbocycles. The number of hydrogen-bond donors (Lipinski definition) is 2. The highest BCUT2D eigenvalue weighted by molar-refractivity contribution is 7.99. The SMILES string of the molecule is O=C(NCc1ccncn1)c1ccc2c(c1)NC(=O)c1ccccc1S2. The van der Waals surface area contributed by atoms with Gasteiger partial charge in [0.1, 0.15) is 6.33 Å². The Morgan fingerprint density at radius 1 is 1.12 bits per heavy atom. The minimum absolute atomic E-state index is 0.176. The van der Waals surface area contributed by atoms with Crippen LogP contribution >= 0.6 is 11.8 Å². The Morgan fingerprint density at radius 2 is 2.00 bits per heavy atom. The number of anilines is 1. The first kappa shape index (κ1) is 16.3. The molecule has 1 aromatic heterocycles. The second kappa shape index (κ2) is 6.97. The van der Waals surface area contributed by atoms with Crippen LogP contribution in [-0.2, 0) is 6.54 Å². The fraction of sp³-hybridized carbons (Fsp3) is 0.0526. The first-order chi connectivity index (χ1) is 12.7. The highest BCUT2D eigenvalue weighted by atomic mass is 32.2. The van der Waals surface area contributed by atoms with Gasteiger partial charge in [0, 0.05) is 21.6 Å². The van der Waals surface area contributed by atoms with Gasteiger partial charge in [-0.05, 0) is 36.4 Å². The van der Waals surface area contributed by atoms with Gasteiger partial charge in [-0.3, -0.25) is 9.59 Å². The molecule has 0 spiro atoms. The van der Waals surface area contributed by atoms with Crippen molar-refractivity contribution in [2.45, 2.75) is 16.3 Å². The smallest absolute Gasteiger partial charge is 0.256 e. The van der Waals surface area contributed by atoms with E-state index in [-0.39, 0.29) is 11.8 Å². The molecule has 0 aliphatic carbocycles. The maximum absolute atomic E-state index is 12.4. The van der Waals surface area contributed by atoms with Gasteiger partial charge in [0.2, 0.25) is 0 Å². The zero-order valence-corrected chi connectivity index (χ0v) is 14.4. The summed E-state index contributed by atoms with van der Waals surface area (Å²) in [7, 11) is 0. The van der Waals surface area contributed by atoms with Gasteiger partial charge in [-0.15, -0.1) is 0 Å². The number of fused-ring (bicyclic) bond motifs is 2. The fourth-order valence-electron chi connectivity index (χ4n) is 2.60. The van der Waals surface area contributed by atoms with Gasteiger partial charge in [-0.2, -0.15) is 0 Å². The predicted octanol–water partition coefficient (Wildman–Crippen LogP) is 3.12. The number of nitrogens with one attached hydrogen (secondary N) is 2. The average Bonchev–Trinajstić information content (AvgIpc) is 2.82. The van der Waals surface area contributed by atoms with Crippen molar-refractivity contribution in [2.24, 2.45) is 0 Å². The highest BCUT2D eigenvalue weighted by Gasteiger charge is 2.20. The number of carbonyl (C=O) groups excluding carboxylic acids is 2. The quantitative estimate of drug-likeness (QED) is 0.748. The molecule has 4 rings (SSSR count). The van der Waals surface area contributed by atoms with Crippen LogP contribution < -0.4 is 10.6 Å². The van der Waals surface area contributed by atoms with Crippen LogP contribution in [0.15, 0.2) is 70.8 Å². The molecule has 0 atom stereocenters. The van der Waals surface area contributed by atoms with Gasteiger partial charge >= 0.3 is 0 Å². The van der Waals surface area contributed by atoms with Crippen LogP contribution in [0.25, 0.3) is 0 Å². The summed E-state index contributed by atoms with van der Waals surface area (Å²) in [5, 5.41) is 5.70. The van der Waals surface area contributed by atoms with E-state index >= 15 is 0 Å². The highest BCUT2D eigenvalue weighted by Crippen LogP contribution is 2.38. The second-order valence-corrected chi connectivity index (χ2v) is 6.73. The third kappa shape index (κ3) is 3.29. The molecule has 1 aliphatic rings. The van der Waals surface area contributed by atoms with E-state index in [1.165, 1.54) is 18.1 Å². The largest absolute Gasteiger partial charge is 0.346 e. The minimum Gasteiger partial charge on any atom is -0.346 e. The van der Waals surface area contributed by atoms with Crippen molar-refractivity contribution in [3.05, 3.63) is 77.9 Å². The number of carbonyl (C=O) groups is 2. The molecule has 0 fully saturated rings. The summed E-state index contributed by atoms with van der Waals surface area (Å²) < 4.78 is 0. The zero-order valence-electron chi connectivity index (χ0n) is 13.6. The summed E-state index contributed by atoms with van der Waals surface area (Å²) >= 11 is 1.51. The van der Waals surface area contributed by atoms with E-state index in [9.17, 15) is 9.59 Å². The average molecular weight is 362 g/mol. The molecule has 0 saturated heterocycles. The normalized spacial score (nSPS) is 12.4. The Morgan fingerprint density at radius 3 is 2.85 bits per heavy atom. The van der Waals surface area contributed by atoms with Crippen molar-refractivity contribution in [3.63, 3.8) is 0 Å². The Bertz CT molecular complexity index is 992. The summed E-state index contributed by atoms with van der Waals surface area (Å²) in [6.45, 7) is 0.311. The molecule has 0 unspecified atom stereocenters. The first-order valence-electron chi connectivity index (χ1n) is 7.96. The molecule has 2 N–H and O–H groups in total. The summed E-state index contributed by atoms with van der Waals surface area (Å²) in [6.07, 6.45) is 3.07. The molecule has 2 amide bonds. The molecular weight excluding hydrogens is 348 g/mol. The Balaban J connectivity index is 1.55. The van der Waals surface area contributed by atoms with Gasteiger partial charge in [-0.25, -0.2) is 9.97 Å². The number of nitrogens with zero attached hydrogens (tertiary/aromatic N) is 2. The number of rotatable bonds is 3. The van der Waals surface area contributed by atoms with Crippen LogP contribution in [-0.4, -0.2) is 21.8 Å². The summed E-state index contributed by atoms with van der Waals surface area (Å²) in [4.78, 5) is 34.5. The van der Waals surface area contributed by atoms with E-state index in [2.05, 4.69) is 20.6 Å². The Labute approximate surface area is 154 Å². The number of hydrogen-bond acceptors (Lipinski definition) is 5. The van der Waals surface area contributed by atoms with Crippen LogP contribution in [0, 0.1) is 0 Å². The lowest BCUT2D eigenvalue weighted by Gasteiger charge is -2.09. The molecular formula is C19H14N4O2S. The molecule has 0 radical (unpaired) electrons. The molecule has 128 valence electrons. The molecule has 26 heavy (non-hydrogen) atoms. The lowest BCUT2D eigenvalue weighted by atomic mass is 10.1. The summed E-state index contributed by atoms with van der Waals surface area (Å²) in [5.74, 6) is -0.405. The van der Waals surface area contributed by atoms with Crippen LogP contribution in [0.5, 0.6) is 0 Å². The molecule has 7 heteroatoms. The maximum Gasteiger partial charge on any atom is 0.256 e. The van der Waals surface area contributed by atoms with E-state index in [0.29, 0.717) is 23.4 Å². The lowest BCUT2D eigenvalue weighted by molar-refractivity contribution is 0.0949. The maximum atomic E-state index is 12.4. The van der Waals surface area contributed by atoms with Gasteiger partial charge < -0.3 is 10.6 Å². The Hall–Kier alpha value is -3.19. The van der Waals surface area contributed by atoms with Crippen LogP contribution in [0.1, 0.15) is 26.4 Å². The van der Waals surface area contributed by atoms with Crippen LogP contribution in [0.4, 0.5) is 5.69 Å². The van der Waals surface area contributed by atoms with Crippen molar-refractivity contribution in [1.29, 1.82) is 0 Å². The van der Waals surface area contributed by atoms with Crippen molar-refractivity contribution in [3.8, 4) is 0 Å². The van der Waals surface area contributed by atoms with E-state index in [1.54, 1.807) is 30.5 Å². The van der Waals surface area contributed by atoms with Crippen molar-refractivity contribution in [1.82, 2.24) is 15.3 Å². The minimum atomic E-state index is -0.229. The van der Waals surface area contributed by atoms with E-state index in [1.807, 2.05) is 24.3 Å². The van der Waals surface area contributed by atoms with E-state index < -0.39 is 0 Å². The van der Waals surface area contributed by atoms with Gasteiger partial charge in [0.25, 0.3) is 11.8 Å². The van der Waals surface area contributed by atoms with Gasteiger partial charge in [-0.1, -0.05) is 23.9 Å². The Kier molecular flexibility index (Phi) is 4.37. The molecule has 0 bridgehead atoms. The van der Waals surface area contributed by atoms with Gasteiger partial charge in [0.15, 0.2) is 0 Å². The lowest BCUT2D eigenvalue weighted by Crippen LogP contribution is -2.23. The monoisotopic (exact) mass is 362 g/mol. The van der Waals surface area contributed by atoms with Crippen molar-refractivity contribution in [2.75, 3.05) is 5.32 Å². The number of benzene rings is 2. The molecule has 1 aliphatic heterocycles. The predicted molar refractivity (Wildman–Crippen MR) is 98.2 cm³/mol. The molecule has 3 aromatic rings. The second-order valence-electron chi connectivity index (χ2n) is 5.65. The number of aromatic nitrogens is 2. The fourth-order valence-corrected chi connectivity index (χ4v) is 3.62. The zero-order chi connectivity index (χ0) is 17.9. The third-order valence-corrected chi connectivity index (χ3v) is 5.07. The van der Waals surface area contributed by atoms with Crippen molar-refractivity contribution < 1.29 is 9.59 Å². The summed E-state index contributed by atoms with van der Waals surface area (Å²) in [5.41, 5.74) is 2.46. The first-order valence-corrected chi connectivity index (χ1v) is 8.78. The standard InChI is InChI=1S/C19H14N4O2S/c24-18(21-10-13-7-8-20-11-22-13)12-5-6-17-15(9-12)23-19(25)14-3-1-2-4-16(14)26-17/h1-9,11H,10H2,(H,21,24)(H,23,25).